The normalized spacial score (nSPS) is 15.5. The molecule has 8 heteroatoms. The summed E-state index contributed by atoms with van der Waals surface area (Å²) in [6.07, 6.45) is 2.53. The second-order valence-corrected chi connectivity index (χ2v) is 7.24. The summed E-state index contributed by atoms with van der Waals surface area (Å²) in [5, 5.41) is 2.56. The summed E-state index contributed by atoms with van der Waals surface area (Å²) >= 11 is 1.63. The highest BCUT2D eigenvalue weighted by atomic mass is 32.2. The van der Waals surface area contributed by atoms with Crippen molar-refractivity contribution >= 4 is 35.2 Å². The molecule has 1 heterocycles. The molecule has 0 unspecified atom stereocenters. The van der Waals surface area contributed by atoms with Gasteiger partial charge in [-0.15, -0.1) is 0 Å². The maximum Gasteiger partial charge on any atom is 0.312 e. The quantitative estimate of drug-likeness (QED) is 0.698. The molecule has 7 nitrogen and oxygen atoms in total. The fourth-order valence-electron chi connectivity index (χ4n) is 2.98. The Morgan fingerprint density at radius 1 is 1.15 bits per heavy atom. The molecule has 0 radical (unpaired) electrons. The Hall–Kier alpha value is -2.22. The number of hydrogen-bond donors (Lipinski definition) is 2. The third-order valence-corrected chi connectivity index (χ3v) is 5.10. The fraction of sp³-hybridized carbons (Fsp3) is 0.500. The van der Waals surface area contributed by atoms with Gasteiger partial charge >= 0.3 is 6.03 Å². The lowest BCUT2D eigenvalue weighted by atomic mass is 10.1. The first-order valence-corrected chi connectivity index (χ1v) is 10.0. The van der Waals surface area contributed by atoms with Gasteiger partial charge < -0.3 is 20.9 Å². The molecule has 1 atom stereocenters. The van der Waals surface area contributed by atoms with Crippen LogP contribution in [0, 0.1) is 0 Å². The Bertz CT molecular complexity index is 642. The molecule has 1 aliphatic heterocycles. The standard InChI is InChI=1S/C18H26N4O3S/c1-13(23)14-3-5-15(6-4-14)21-8-10-22(11-9-21)17(24)16(7-12-26-2)20-18(19)25/h3-6,16H,7-12H2,1-2H3,(H3,19,20,25)/t16-/m0/s1. The number of nitrogens with zero attached hydrogens (tertiary/aromatic N) is 2. The van der Waals surface area contributed by atoms with Gasteiger partial charge in [0.05, 0.1) is 0 Å². The number of nitrogens with one attached hydrogen (secondary N) is 1. The van der Waals surface area contributed by atoms with Crippen molar-refractivity contribution < 1.29 is 14.4 Å². The van der Waals surface area contributed by atoms with Gasteiger partial charge in [-0.2, -0.15) is 11.8 Å². The van der Waals surface area contributed by atoms with E-state index in [4.69, 9.17) is 5.73 Å². The van der Waals surface area contributed by atoms with Crippen molar-refractivity contribution in [1.82, 2.24) is 10.2 Å². The largest absolute Gasteiger partial charge is 0.368 e. The average molecular weight is 378 g/mol. The molecule has 2 rings (SSSR count). The molecule has 0 saturated carbocycles. The van der Waals surface area contributed by atoms with Crippen LogP contribution in [-0.4, -0.2) is 66.9 Å². The van der Waals surface area contributed by atoms with Crippen molar-refractivity contribution in [3.8, 4) is 0 Å². The molecule has 1 aromatic rings. The zero-order valence-corrected chi connectivity index (χ0v) is 16.1. The molecule has 3 amide bonds. The maximum absolute atomic E-state index is 12.7. The van der Waals surface area contributed by atoms with Gasteiger partial charge in [-0.05, 0) is 49.6 Å². The van der Waals surface area contributed by atoms with Crippen molar-refractivity contribution in [3.63, 3.8) is 0 Å². The minimum Gasteiger partial charge on any atom is -0.368 e. The Morgan fingerprint density at radius 2 is 1.77 bits per heavy atom. The van der Waals surface area contributed by atoms with Crippen LogP contribution in [0.1, 0.15) is 23.7 Å². The van der Waals surface area contributed by atoms with Gasteiger partial charge in [0.1, 0.15) is 6.04 Å². The van der Waals surface area contributed by atoms with Gasteiger partial charge in [0.15, 0.2) is 5.78 Å². The molecule has 0 aromatic heterocycles. The first-order valence-electron chi connectivity index (χ1n) is 8.62. The third-order valence-electron chi connectivity index (χ3n) is 4.46. The molecular formula is C18H26N4O3S. The molecular weight excluding hydrogens is 352 g/mol. The number of rotatable bonds is 7. The Labute approximate surface area is 158 Å². The van der Waals surface area contributed by atoms with Crippen molar-refractivity contribution in [3.05, 3.63) is 29.8 Å². The lowest BCUT2D eigenvalue weighted by molar-refractivity contribution is -0.133. The summed E-state index contributed by atoms with van der Waals surface area (Å²) in [6, 6.07) is 6.28. The second-order valence-electron chi connectivity index (χ2n) is 6.26. The maximum atomic E-state index is 12.7. The van der Waals surface area contributed by atoms with Crippen LogP contribution in [0.3, 0.4) is 0 Å². The number of primary amides is 1. The first kappa shape index (κ1) is 20.1. The van der Waals surface area contributed by atoms with Crippen LogP contribution >= 0.6 is 11.8 Å². The van der Waals surface area contributed by atoms with E-state index in [-0.39, 0.29) is 11.7 Å². The van der Waals surface area contributed by atoms with E-state index >= 15 is 0 Å². The van der Waals surface area contributed by atoms with Crippen LogP contribution in [0.15, 0.2) is 24.3 Å². The number of hydrogen-bond acceptors (Lipinski definition) is 5. The molecule has 3 N–H and O–H groups in total. The van der Waals surface area contributed by atoms with Crippen LogP contribution in [0.4, 0.5) is 10.5 Å². The first-order chi connectivity index (χ1) is 12.4. The number of anilines is 1. The lowest BCUT2D eigenvalue weighted by Crippen LogP contribution is -2.55. The van der Waals surface area contributed by atoms with E-state index in [1.165, 1.54) is 0 Å². The molecule has 1 aliphatic rings. The smallest absolute Gasteiger partial charge is 0.312 e. The predicted molar refractivity (Wildman–Crippen MR) is 105 cm³/mol. The van der Waals surface area contributed by atoms with E-state index in [9.17, 15) is 14.4 Å². The van der Waals surface area contributed by atoms with Gasteiger partial charge in [0.2, 0.25) is 5.91 Å². The number of piperazine rings is 1. The number of urea groups is 1. The minimum absolute atomic E-state index is 0.0465. The van der Waals surface area contributed by atoms with Crippen molar-refractivity contribution in [2.75, 3.05) is 43.1 Å². The predicted octanol–water partition coefficient (Wildman–Crippen LogP) is 1.33. The van der Waals surface area contributed by atoms with E-state index in [1.54, 1.807) is 23.6 Å². The highest BCUT2D eigenvalue weighted by Gasteiger charge is 2.28. The molecule has 0 aliphatic carbocycles. The van der Waals surface area contributed by atoms with Crippen molar-refractivity contribution in [1.29, 1.82) is 0 Å². The topological polar surface area (TPSA) is 95.7 Å². The van der Waals surface area contributed by atoms with Gasteiger partial charge in [-0.1, -0.05) is 0 Å². The van der Waals surface area contributed by atoms with Gasteiger partial charge in [-0.25, -0.2) is 4.79 Å². The lowest BCUT2D eigenvalue weighted by Gasteiger charge is -2.37. The number of Topliss-reactive ketones (excluding diaryl/α,β-unsaturated/α-hetero) is 1. The van der Waals surface area contributed by atoms with Gasteiger partial charge in [-0.3, -0.25) is 9.59 Å². The highest BCUT2D eigenvalue weighted by Crippen LogP contribution is 2.18. The SMILES string of the molecule is CSCC[C@H](NC(N)=O)C(=O)N1CCN(c2ccc(C(C)=O)cc2)CC1. The van der Waals surface area contributed by atoms with E-state index < -0.39 is 12.1 Å². The molecule has 1 aromatic carbocycles. The van der Waals surface area contributed by atoms with E-state index in [0.717, 1.165) is 11.4 Å². The van der Waals surface area contributed by atoms with E-state index in [0.29, 0.717) is 38.2 Å². The number of amides is 3. The summed E-state index contributed by atoms with van der Waals surface area (Å²) in [6.45, 7) is 4.13. The molecule has 1 fully saturated rings. The molecule has 1 saturated heterocycles. The van der Waals surface area contributed by atoms with Crippen molar-refractivity contribution in [2.24, 2.45) is 5.73 Å². The van der Waals surface area contributed by atoms with Crippen LogP contribution < -0.4 is 16.0 Å². The summed E-state index contributed by atoms with van der Waals surface area (Å²) in [4.78, 5) is 39.2. The Balaban J connectivity index is 1.94. The number of carbonyl (C=O) groups excluding carboxylic acids is 3. The number of nitrogens with two attached hydrogens (primary N) is 1. The van der Waals surface area contributed by atoms with Gasteiger partial charge in [0.25, 0.3) is 0 Å². The molecule has 0 bridgehead atoms. The zero-order chi connectivity index (χ0) is 19.1. The molecule has 0 spiro atoms. The van der Waals surface area contributed by atoms with Crippen LogP contribution in [0.2, 0.25) is 0 Å². The Morgan fingerprint density at radius 3 is 2.27 bits per heavy atom. The summed E-state index contributed by atoms with van der Waals surface area (Å²) < 4.78 is 0. The van der Waals surface area contributed by atoms with Crippen LogP contribution in [-0.2, 0) is 4.79 Å². The molecule has 26 heavy (non-hydrogen) atoms. The second kappa shape index (κ2) is 9.47. The van der Waals surface area contributed by atoms with E-state index in [1.807, 2.05) is 30.5 Å². The van der Waals surface area contributed by atoms with E-state index in [2.05, 4.69) is 10.2 Å². The minimum atomic E-state index is -0.673. The number of thioether (sulfide) groups is 1. The van der Waals surface area contributed by atoms with Gasteiger partial charge in [0, 0.05) is 37.4 Å². The summed E-state index contributed by atoms with van der Waals surface area (Å²) in [5.74, 6) is 0.744. The summed E-state index contributed by atoms with van der Waals surface area (Å²) in [7, 11) is 0. The average Bonchev–Trinajstić information content (AvgIpc) is 2.64. The highest BCUT2D eigenvalue weighted by molar-refractivity contribution is 7.98. The van der Waals surface area contributed by atoms with Crippen LogP contribution in [0.5, 0.6) is 0 Å². The van der Waals surface area contributed by atoms with Crippen LogP contribution in [0.25, 0.3) is 0 Å². The number of carbonyl (C=O) groups is 3. The molecule has 142 valence electrons. The third kappa shape index (κ3) is 5.39. The number of ketones is 1. The number of benzene rings is 1. The van der Waals surface area contributed by atoms with Crippen molar-refractivity contribution in [2.45, 2.75) is 19.4 Å². The monoisotopic (exact) mass is 378 g/mol. The fourth-order valence-corrected chi connectivity index (χ4v) is 3.45. The zero-order valence-electron chi connectivity index (χ0n) is 15.2. The summed E-state index contributed by atoms with van der Waals surface area (Å²) in [5.41, 5.74) is 6.93. The Kier molecular flexibility index (Phi) is 7.32.